The van der Waals surface area contributed by atoms with Crippen molar-refractivity contribution in [1.82, 2.24) is 15.0 Å². The van der Waals surface area contributed by atoms with Crippen LogP contribution in [0.2, 0.25) is 10.0 Å². The van der Waals surface area contributed by atoms with Gasteiger partial charge in [0.2, 0.25) is 0 Å². The Bertz CT molecular complexity index is 722. The predicted octanol–water partition coefficient (Wildman–Crippen LogP) is 2.63. The average Bonchev–Trinajstić information content (AvgIpc) is 2.72. The molecule has 0 saturated heterocycles. The van der Waals surface area contributed by atoms with Crippen molar-refractivity contribution in [2.45, 2.75) is 11.5 Å². The Morgan fingerprint density at radius 1 is 1.30 bits per heavy atom. The summed E-state index contributed by atoms with van der Waals surface area (Å²) >= 11 is 11.9. The number of hydrogen-bond donors (Lipinski definition) is 0. The van der Waals surface area contributed by atoms with Crippen molar-refractivity contribution < 1.29 is 13.2 Å². The zero-order chi connectivity index (χ0) is 14.9. The highest BCUT2D eigenvalue weighted by atomic mass is 35.7. The summed E-state index contributed by atoms with van der Waals surface area (Å²) in [6, 6.07) is 2.34. The van der Waals surface area contributed by atoms with Gasteiger partial charge in [-0.25, -0.2) is 8.42 Å². The van der Waals surface area contributed by atoms with Crippen LogP contribution in [0.25, 0.3) is 0 Å². The highest BCUT2D eigenvalue weighted by molar-refractivity contribution is 8.13. The summed E-state index contributed by atoms with van der Waals surface area (Å²) in [4.78, 5) is -0.194. The SMILES string of the molecule is Cn1cc(COc2c(Cl)cc(S(=O)(=O)Cl)cc2Cl)nn1. The molecule has 0 bridgehead atoms. The first kappa shape index (κ1) is 15.4. The number of ether oxygens (including phenoxy) is 1. The second-order valence-corrected chi connectivity index (χ2v) is 7.21. The summed E-state index contributed by atoms with van der Waals surface area (Å²) in [7, 11) is 3.04. The Kier molecular flexibility index (Phi) is 4.43. The molecule has 1 aromatic heterocycles. The third-order valence-electron chi connectivity index (χ3n) is 2.27. The summed E-state index contributed by atoms with van der Waals surface area (Å²) in [5.74, 6) is 0.156. The minimum atomic E-state index is -3.91. The van der Waals surface area contributed by atoms with Gasteiger partial charge < -0.3 is 4.74 Å². The van der Waals surface area contributed by atoms with Crippen molar-refractivity contribution in [3.63, 3.8) is 0 Å². The van der Waals surface area contributed by atoms with Crippen LogP contribution in [0.4, 0.5) is 0 Å². The number of aromatic nitrogens is 3. The third kappa shape index (κ3) is 3.54. The van der Waals surface area contributed by atoms with Gasteiger partial charge in [-0.3, -0.25) is 4.68 Å². The molecule has 10 heteroatoms. The molecule has 6 nitrogen and oxygen atoms in total. The summed E-state index contributed by atoms with van der Waals surface area (Å²) in [5, 5.41) is 7.66. The number of halogens is 3. The van der Waals surface area contributed by atoms with E-state index in [9.17, 15) is 8.42 Å². The van der Waals surface area contributed by atoms with Gasteiger partial charge in [0.1, 0.15) is 12.3 Å². The van der Waals surface area contributed by atoms with Crippen LogP contribution in [-0.4, -0.2) is 23.4 Å². The molecule has 1 heterocycles. The van der Waals surface area contributed by atoms with Gasteiger partial charge in [0.25, 0.3) is 9.05 Å². The molecule has 1 aromatic carbocycles. The lowest BCUT2D eigenvalue weighted by Gasteiger charge is -2.09. The number of hydrogen-bond acceptors (Lipinski definition) is 5. The van der Waals surface area contributed by atoms with Crippen LogP contribution >= 0.6 is 33.9 Å². The van der Waals surface area contributed by atoms with Gasteiger partial charge in [0, 0.05) is 17.7 Å². The highest BCUT2D eigenvalue weighted by Crippen LogP contribution is 2.36. The maximum atomic E-state index is 11.2. The number of benzene rings is 1. The molecule has 108 valence electrons. The van der Waals surface area contributed by atoms with E-state index >= 15 is 0 Å². The van der Waals surface area contributed by atoms with Gasteiger partial charge in [-0.15, -0.1) is 5.10 Å². The Morgan fingerprint density at radius 2 is 1.90 bits per heavy atom. The highest BCUT2D eigenvalue weighted by Gasteiger charge is 2.17. The van der Waals surface area contributed by atoms with Gasteiger partial charge in [0.05, 0.1) is 21.1 Å². The molecule has 0 fully saturated rings. The molecule has 0 saturated carbocycles. The molecule has 0 aliphatic carbocycles. The summed E-state index contributed by atoms with van der Waals surface area (Å²) in [5.41, 5.74) is 0.577. The lowest BCUT2D eigenvalue weighted by atomic mass is 10.3. The first-order valence-electron chi connectivity index (χ1n) is 5.19. The van der Waals surface area contributed by atoms with Crippen molar-refractivity contribution in [3.05, 3.63) is 34.1 Å². The molecule has 0 spiro atoms. The van der Waals surface area contributed by atoms with Crippen LogP contribution in [0, 0.1) is 0 Å². The monoisotopic (exact) mass is 355 g/mol. The standard InChI is InChI=1S/C10H8Cl3N3O3S/c1-16-4-6(14-15-16)5-19-10-8(11)2-7(3-9(10)12)20(13,17)18/h2-4H,5H2,1H3. The molecule has 0 amide bonds. The molecule has 2 aromatic rings. The Balaban J connectivity index is 2.25. The van der Waals surface area contributed by atoms with E-state index in [0.717, 1.165) is 0 Å². The Hall–Kier alpha value is -1.02. The molecule has 20 heavy (non-hydrogen) atoms. The predicted molar refractivity (Wildman–Crippen MR) is 74.8 cm³/mol. The van der Waals surface area contributed by atoms with Crippen LogP contribution in [0.5, 0.6) is 5.75 Å². The summed E-state index contributed by atoms with van der Waals surface area (Å²) in [6.45, 7) is 0.0975. The summed E-state index contributed by atoms with van der Waals surface area (Å²) in [6.07, 6.45) is 1.67. The van der Waals surface area contributed by atoms with Gasteiger partial charge in [-0.05, 0) is 12.1 Å². The van der Waals surface area contributed by atoms with Crippen LogP contribution in [-0.2, 0) is 22.7 Å². The van der Waals surface area contributed by atoms with Crippen LogP contribution < -0.4 is 4.74 Å². The molecule has 0 radical (unpaired) electrons. The van der Waals surface area contributed by atoms with Gasteiger partial charge in [-0.2, -0.15) is 0 Å². The quantitative estimate of drug-likeness (QED) is 0.787. The second kappa shape index (κ2) is 5.77. The van der Waals surface area contributed by atoms with E-state index in [1.165, 1.54) is 16.8 Å². The Morgan fingerprint density at radius 3 is 2.35 bits per heavy atom. The largest absolute Gasteiger partial charge is 0.484 e. The number of aryl methyl sites for hydroxylation is 1. The molecule has 0 aliphatic rings. The van der Waals surface area contributed by atoms with Crippen LogP contribution in [0.15, 0.2) is 23.2 Å². The zero-order valence-electron chi connectivity index (χ0n) is 10.0. The fraction of sp³-hybridized carbons (Fsp3) is 0.200. The molecule has 0 aliphatic heterocycles. The van der Waals surface area contributed by atoms with E-state index in [2.05, 4.69) is 10.3 Å². The maximum Gasteiger partial charge on any atom is 0.261 e. The van der Waals surface area contributed by atoms with E-state index in [1.54, 1.807) is 13.2 Å². The average molecular weight is 357 g/mol. The first-order chi connectivity index (χ1) is 9.27. The van der Waals surface area contributed by atoms with E-state index in [-0.39, 0.29) is 27.3 Å². The van der Waals surface area contributed by atoms with Gasteiger partial charge in [-0.1, -0.05) is 28.4 Å². The molecule has 2 rings (SSSR count). The van der Waals surface area contributed by atoms with E-state index < -0.39 is 9.05 Å². The van der Waals surface area contributed by atoms with Crippen molar-refractivity contribution in [3.8, 4) is 5.75 Å². The molecule has 0 N–H and O–H groups in total. The zero-order valence-corrected chi connectivity index (χ0v) is 13.1. The summed E-state index contributed by atoms with van der Waals surface area (Å²) < 4.78 is 29.4. The molecular formula is C10H8Cl3N3O3S. The van der Waals surface area contributed by atoms with Crippen molar-refractivity contribution in [2.75, 3.05) is 0 Å². The van der Waals surface area contributed by atoms with Crippen LogP contribution in [0.1, 0.15) is 5.69 Å². The van der Waals surface area contributed by atoms with E-state index in [1.807, 2.05) is 0 Å². The fourth-order valence-corrected chi connectivity index (χ4v) is 2.93. The topological polar surface area (TPSA) is 74.1 Å². The van der Waals surface area contributed by atoms with Gasteiger partial charge in [0.15, 0.2) is 5.75 Å². The molecule has 0 atom stereocenters. The third-order valence-corrected chi connectivity index (χ3v) is 4.16. The lowest BCUT2D eigenvalue weighted by molar-refractivity contribution is 0.301. The second-order valence-electron chi connectivity index (χ2n) is 3.83. The smallest absolute Gasteiger partial charge is 0.261 e. The Labute approximate surface area is 129 Å². The molecule has 0 unspecified atom stereocenters. The number of nitrogens with zero attached hydrogens (tertiary/aromatic N) is 3. The van der Waals surface area contributed by atoms with Crippen LogP contribution in [0.3, 0.4) is 0 Å². The normalized spacial score (nSPS) is 11.6. The number of rotatable bonds is 4. The van der Waals surface area contributed by atoms with Crippen molar-refractivity contribution in [1.29, 1.82) is 0 Å². The molecular weight excluding hydrogens is 349 g/mol. The van der Waals surface area contributed by atoms with Crippen molar-refractivity contribution >= 4 is 42.9 Å². The first-order valence-corrected chi connectivity index (χ1v) is 8.25. The minimum Gasteiger partial charge on any atom is -0.484 e. The minimum absolute atomic E-state index is 0.0422. The van der Waals surface area contributed by atoms with E-state index in [4.69, 9.17) is 38.6 Å². The lowest BCUT2D eigenvalue weighted by Crippen LogP contribution is -1.99. The van der Waals surface area contributed by atoms with Crippen molar-refractivity contribution in [2.24, 2.45) is 7.05 Å². The maximum absolute atomic E-state index is 11.2. The fourth-order valence-electron chi connectivity index (χ4n) is 1.42. The van der Waals surface area contributed by atoms with Gasteiger partial charge >= 0.3 is 0 Å². The van der Waals surface area contributed by atoms with E-state index in [0.29, 0.717) is 5.69 Å².